The van der Waals surface area contributed by atoms with E-state index < -0.39 is 0 Å². The number of hydrogen-bond donors (Lipinski definition) is 2. The molecule has 4 atom stereocenters. The molecule has 8 heteroatoms. The fourth-order valence-corrected chi connectivity index (χ4v) is 12.2. The zero-order valence-corrected chi connectivity index (χ0v) is 22.6. The summed E-state index contributed by atoms with van der Waals surface area (Å²) in [7, 11) is 0. The maximum absolute atomic E-state index is 4.45. The van der Waals surface area contributed by atoms with E-state index in [1.54, 1.807) is 0 Å². The standard InChI is InChI=1S/C20H26S8/c1-3-23-17(19-25-11-15(9-21)27-19)13-5-7-14(8-6-13)18(24-4-2)20-26-12-16(10-22)28-20/h5-8,11-12,17-22H,3-4,9-10H2,1-2H3. The van der Waals surface area contributed by atoms with Crippen molar-refractivity contribution in [3.05, 3.63) is 56.0 Å². The molecule has 28 heavy (non-hydrogen) atoms. The molecule has 0 saturated heterocycles. The van der Waals surface area contributed by atoms with Crippen molar-refractivity contribution in [1.82, 2.24) is 0 Å². The first kappa shape index (κ1) is 24.1. The molecule has 3 rings (SSSR count). The number of thiol groups is 2. The van der Waals surface area contributed by atoms with Crippen LogP contribution in [0, 0.1) is 0 Å². The van der Waals surface area contributed by atoms with Gasteiger partial charge in [0.05, 0.1) is 19.7 Å². The quantitative estimate of drug-likeness (QED) is 0.294. The summed E-state index contributed by atoms with van der Waals surface area (Å²) in [6.45, 7) is 4.52. The third-order valence-electron chi connectivity index (χ3n) is 4.29. The normalized spacial score (nSPS) is 24.1. The smallest absolute Gasteiger partial charge is 0.0747 e. The fourth-order valence-electron chi connectivity index (χ4n) is 3.01. The topological polar surface area (TPSA) is 0 Å². The Labute approximate surface area is 206 Å². The minimum absolute atomic E-state index is 0.521. The van der Waals surface area contributed by atoms with Gasteiger partial charge in [0.1, 0.15) is 0 Å². The van der Waals surface area contributed by atoms with Gasteiger partial charge in [-0.2, -0.15) is 48.8 Å². The zero-order valence-electron chi connectivity index (χ0n) is 15.9. The van der Waals surface area contributed by atoms with Crippen LogP contribution in [0.2, 0.25) is 0 Å². The second kappa shape index (κ2) is 12.5. The molecule has 0 radical (unpaired) electrons. The van der Waals surface area contributed by atoms with Gasteiger partial charge in [0.15, 0.2) is 0 Å². The van der Waals surface area contributed by atoms with Crippen LogP contribution in [0.15, 0.2) is 44.9 Å². The number of rotatable bonds is 10. The van der Waals surface area contributed by atoms with Gasteiger partial charge in [0.2, 0.25) is 0 Å². The van der Waals surface area contributed by atoms with Crippen molar-refractivity contribution in [1.29, 1.82) is 0 Å². The average molecular weight is 523 g/mol. The Bertz CT molecular complexity index is 625. The molecule has 0 nitrogen and oxygen atoms in total. The van der Waals surface area contributed by atoms with Gasteiger partial charge < -0.3 is 0 Å². The lowest BCUT2D eigenvalue weighted by Crippen LogP contribution is -2.10. The van der Waals surface area contributed by atoms with Crippen molar-refractivity contribution >= 4 is 95.8 Å². The van der Waals surface area contributed by atoms with Crippen molar-refractivity contribution < 1.29 is 0 Å². The van der Waals surface area contributed by atoms with Crippen LogP contribution < -0.4 is 0 Å². The maximum atomic E-state index is 4.45. The van der Waals surface area contributed by atoms with E-state index in [0.29, 0.717) is 19.7 Å². The second-order valence-electron chi connectivity index (χ2n) is 6.15. The van der Waals surface area contributed by atoms with Crippen LogP contribution in [-0.4, -0.2) is 32.2 Å². The van der Waals surface area contributed by atoms with E-state index in [1.807, 2.05) is 47.0 Å². The summed E-state index contributed by atoms with van der Waals surface area (Å²) < 4.78 is 1.11. The Balaban J connectivity index is 1.72. The Morgan fingerprint density at radius 3 is 1.46 bits per heavy atom. The molecular formula is C20H26S8. The summed E-state index contributed by atoms with van der Waals surface area (Å²) in [5.41, 5.74) is 2.91. The minimum Gasteiger partial charge on any atom is -0.174 e. The lowest BCUT2D eigenvalue weighted by molar-refractivity contribution is 1.04. The minimum atomic E-state index is 0.521. The highest BCUT2D eigenvalue weighted by molar-refractivity contribution is 8.24. The first-order valence-corrected chi connectivity index (χ1v) is 16.3. The summed E-state index contributed by atoms with van der Waals surface area (Å²) in [5, 5.41) is 5.64. The molecule has 0 spiro atoms. The van der Waals surface area contributed by atoms with Gasteiger partial charge in [-0.15, -0.1) is 47.0 Å². The van der Waals surface area contributed by atoms with E-state index in [9.17, 15) is 0 Å². The second-order valence-corrected chi connectivity index (χ2v) is 14.8. The molecule has 4 unspecified atom stereocenters. The monoisotopic (exact) mass is 522 g/mol. The lowest BCUT2D eigenvalue weighted by Gasteiger charge is -2.25. The van der Waals surface area contributed by atoms with E-state index in [1.165, 1.54) is 20.9 Å². The Kier molecular flexibility index (Phi) is 10.8. The molecule has 0 N–H and O–H groups in total. The Hall–Kier alpha value is 1.50. The molecule has 0 saturated carbocycles. The van der Waals surface area contributed by atoms with Crippen molar-refractivity contribution in [3.8, 4) is 0 Å². The highest BCUT2D eigenvalue weighted by Crippen LogP contribution is 2.53. The van der Waals surface area contributed by atoms with Crippen molar-refractivity contribution in [3.63, 3.8) is 0 Å². The fraction of sp³-hybridized carbons (Fsp3) is 0.500. The van der Waals surface area contributed by atoms with Crippen LogP contribution in [0.1, 0.15) is 35.5 Å². The van der Waals surface area contributed by atoms with Gasteiger partial charge >= 0.3 is 0 Å². The van der Waals surface area contributed by atoms with Crippen LogP contribution in [0.5, 0.6) is 0 Å². The molecule has 1 aromatic rings. The first-order chi connectivity index (χ1) is 13.7. The summed E-state index contributed by atoms with van der Waals surface area (Å²) in [4.78, 5) is 2.80. The maximum Gasteiger partial charge on any atom is 0.0747 e. The van der Waals surface area contributed by atoms with Crippen LogP contribution >= 0.6 is 95.8 Å². The zero-order chi connectivity index (χ0) is 19.9. The highest BCUT2D eigenvalue weighted by atomic mass is 32.2. The predicted octanol–water partition coefficient (Wildman–Crippen LogP) is 8.43. The molecule has 0 amide bonds. The van der Waals surface area contributed by atoms with Crippen LogP contribution in [-0.2, 0) is 0 Å². The summed E-state index contributed by atoms with van der Waals surface area (Å²) in [6, 6.07) is 9.51. The van der Waals surface area contributed by atoms with Crippen LogP contribution in [0.4, 0.5) is 0 Å². The summed E-state index contributed by atoms with van der Waals surface area (Å²) >= 11 is 21.0. The van der Waals surface area contributed by atoms with Crippen molar-refractivity contribution in [2.45, 2.75) is 33.5 Å². The highest BCUT2D eigenvalue weighted by Gasteiger charge is 2.31. The molecular weight excluding hydrogens is 497 g/mol. The summed E-state index contributed by atoms with van der Waals surface area (Å²) in [5.74, 6) is 3.99. The van der Waals surface area contributed by atoms with Gasteiger partial charge in [0, 0.05) is 21.3 Å². The number of thioether (sulfide) groups is 6. The van der Waals surface area contributed by atoms with Gasteiger partial charge in [-0.3, -0.25) is 0 Å². The largest absolute Gasteiger partial charge is 0.174 e. The van der Waals surface area contributed by atoms with E-state index >= 15 is 0 Å². The molecule has 2 aliphatic heterocycles. The van der Waals surface area contributed by atoms with Crippen LogP contribution in [0.25, 0.3) is 0 Å². The van der Waals surface area contributed by atoms with E-state index in [4.69, 9.17) is 0 Å². The van der Waals surface area contributed by atoms with Crippen molar-refractivity contribution in [2.24, 2.45) is 0 Å². The van der Waals surface area contributed by atoms with E-state index in [2.05, 4.69) is 97.7 Å². The molecule has 0 bridgehead atoms. The van der Waals surface area contributed by atoms with Gasteiger partial charge in [-0.05, 0) is 33.4 Å². The SMILES string of the molecule is CCSC(c1ccc(C(SCC)C2SC=C(CS)S2)cc1)C1SC=C(CS)S1. The Morgan fingerprint density at radius 2 is 1.18 bits per heavy atom. The number of benzene rings is 1. The molecule has 0 aromatic heterocycles. The molecule has 154 valence electrons. The molecule has 0 fully saturated rings. The van der Waals surface area contributed by atoms with Gasteiger partial charge in [0.25, 0.3) is 0 Å². The molecule has 2 heterocycles. The average Bonchev–Trinajstić information content (AvgIpc) is 3.40. The van der Waals surface area contributed by atoms with Gasteiger partial charge in [-0.25, -0.2) is 0 Å². The van der Waals surface area contributed by atoms with E-state index in [0.717, 1.165) is 23.0 Å². The predicted molar refractivity (Wildman–Crippen MR) is 150 cm³/mol. The van der Waals surface area contributed by atoms with Gasteiger partial charge in [-0.1, -0.05) is 38.1 Å². The molecule has 2 aliphatic rings. The lowest BCUT2D eigenvalue weighted by atomic mass is 10.1. The first-order valence-electron chi connectivity index (χ1n) is 9.27. The third kappa shape index (κ3) is 6.27. The van der Waals surface area contributed by atoms with Crippen LogP contribution in [0.3, 0.4) is 0 Å². The van der Waals surface area contributed by atoms with E-state index in [-0.39, 0.29) is 0 Å². The van der Waals surface area contributed by atoms with Crippen molar-refractivity contribution in [2.75, 3.05) is 23.0 Å². The molecule has 0 aliphatic carbocycles. The third-order valence-corrected chi connectivity index (χ3v) is 14.2. The summed E-state index contributed by atoms with van der Waals surface area (Å²) in [6.07, 6.45) is 0. The molecule has 1 aromatic carbocycles. The Morgan fingerprint density at radius 1 is 0.786 bits per heavy atom. The number of hydrogen-bond acceptors (Lipinski definition) is 8.